The molecular formula is C87H102N15O6+3. The zero-order chi connectivity index (χ0) is 74.4. The fourth-order valence-corrected chi connectivity index (χ4v) is 17.8. The largest absolute Gasteiger partial charge is 0.368 e. The second kappa shape index (κ2) is 30.7. The van der Waals surface area contributed by atoms with Gasteiger partial charge in [0, 0.05) is 217 Å². The Morgan fingerprint density at radius 3 is 0.824 bits per heavy atom. The molecule has 10 aromatic rings. The Kier molecular flexibility index (Phi) is 20.4. The van der Waals surface area contributed by atoms with Crippen molar-refractivity contribution in [3.05, 3.63) is 214 Å². The predicted molar refractivity (Wildman–Crippen MR) is 420 cm³/mol. The van der Waals surface area contributed by atoms with Crippen LogP contribution in [0.5, 0.6) is 0 Å². The van der Waals surface area contributed by atoms with E-state index >= 15 is 0 Å². The summed E-state index contributed by atoms with van der Waals surface area (Å²) in [5.74, 6) is -1.13. The Morgan fingerprint density at radius 2 is 0.565 bits per heavy atom. The lowest BCUT2D eigenvalue weighted by atomic mass is 9.87. The summed E-state index contributed by atoms with van der Waals surface area (Å²) in [7, 11) is 0. The normalized spacial score (nSPS) is 16.7. The first-order chi connectivity index (χ1) is 52.6. The second-order valence-electron chi connectivity index (χ2n) is 30.7. The Bertz CT molecular complexity index is 4570. The molecule has 21 nitrogen and oxygen atoms in total. The number of carbonyl (C=O) groups is 6. The van der Waals surface area contributed by atoms with E-state index in [9.17, 15) is 28.8 Å². The molecule has 0 atom stereocenters. The lowest BCUT2D eigenvalue weighted by Gasteiger charge is -2.37. The van der Waals surface area contributed by atoms with Gasteiger partial charge in [0.1, 0.15) is 76.4 Å². The van der Waals surface area contributed by atoms with Crippen molar-refractivity contribution in [3.63, 3.8) is 0 Å². The number of imidazole rings is 3. The van der Waals surface area contributed by atoms with Crippen molar-refractivity contribution in [2.45, 2.75) is 119 Å². The van der Waals surface area contributed by atoms with E-state index in [1.807, 2.05) is 54.6 Å². The molecule has 0 radical (unpaired) electrons. The first-order valence-electron chi connectivity index (χ1n) is 39.6. The maximum atomic E-state index is 13.7. The standard InChI is InChI=1S/C87H102N15O6/c1-7-10-28-100-82(103)67-19-13-16-64-76(25-22-70(79(64)67)85(100)106)97-49-43-88(44-50-97)31-34-91-37-40-94(58-91)55-73-61(4)74(56-95-41-38-92(59-95)35-32-89-45-51-98(52-46-89)77-26-23-71-80-65(77)17-14-20-68(80)83(104)101(86(71)107)29-11-8-2)63(6)75(62(73)5)57-96-42-39-93(60-96)36-33-90-47-53-99(54-48-90)78-27-24-72-81-66(78)18-15-21-69(81)84(105)102(87(72)108)30-12-9-3/h13-27,37-42,58-60H,7-12,28-36,43-57H2,1-6H3/q+3. The smallest absolute Gasteiger partial charge is 0.261 e. The average Bonchev–Trinajstić information content (AvgIpc) is 0.881. The molecule has 3 saturated heterocycles. The van der Waals surface area contributed by atoms with E-state index in [4.69, 9.17) is 0 Å². The highest BCUT2D eigenvalue weighted by atomic mass is 16.2. The van der Waals surface area contributed by atoms with Gasteiger partial charge >= 0.3 is 0 Å². The van der Waals surface area contributed by atoms with Crippen molar-refractivity contribution in [2.24, 2.45) is 0 Å². The van der Waals surface area contributed by atoms with Gasteiger partial charge in [-0.15, -0.1) is 0 Å². The average molecular weight is 1450 g/mol. The third kappa shape index (κ3) is 13.6. The topological polar surface area (TPSA) is 158 Å². The van der Waals surface area contributed by atoms with E-state index in [0.29, 0.717) is 53.0 Å². The van der Waals surface area contributed by atoms with Gasteiger partial charge < -0.3 is 14.7 Å². The molecule has 21 heteroatoms. The molecule has 6 amide bonds. The maximum Gasteiger partial charge on any atom is 0.261 e. The SMILES string of the molecule is CCCCN1C(=O)c2cccc3c(N4CCN(CCn5cc[n+](Cc6c(C)c(C[n+]7ccn(CCN8CCN(c9ccc%10c%11c(cccc9%11)C(=O)N(CCCC)C%10=O)CC8)c7)c(C)c(C[n+]7ccn(CCN8CCN(c9ccc%10c%11c(cccc9%11)C(=O)N(CCCC)C%10=O)CC8)c7)c6C)c5)CC4)ccc(c23)C1=O. The lowest BCUT2D eigenvalue weighted by Crippen LogP contribution is -2.47. The summed E-state index contributed by atoms with van der Waals surface area (Å²) in [6.07, 6.45) is 25.2. The first-order valence-corrected chi connectivity index (χ1v) is 39.6. The third-order valence-electron chi connectivity index (χ3n) is 24.3. The van der Waals surface area contributed by atoms with Gasteiger partial charge in [-0.25, -0.2) is 27.4 Å². The van der Waals surface area contributed by atoms with Crippen LogP contribution in [-0.2, 0) is 39.3 Å². The van der Waals surface area contributed by atoms with Gasteiger partial charge in [0.25, 0.3) is 35.4 Å². The molecule has 0 unspecified atom stereocenters. The number of hydrogen-bond acceptors (Lipinski definition) is 12. The van der Waals surface area contributed by atoms with E-state index in [0.717, 1.165) is 225 Å². The number of amides is 6. The van der Waals surface area contributed by atoms with E-state index in [-0.39, 0.29) is 35.4 Å². The molecular weight excluding hydrogens is 1350 g/mol. The second-order valence-corrected chi connectivity index (χ2v) is 30.7. The molecule has 108 heavy (non-hydrogen) atoms. The van der Waals surface area contributed by atoms with E-state index in [1.165, 1.54) is 48.1 Å². The van der Waals surface area contributed by atoms with Crippen LogP contribution in [0.15, 0.2) is 147 Å². The van der Waals surface area contributed by atoms with Gasteiger partial charge in [-0.3, -0.25) is 58.2 Å². The highest BCUT2D eigenvalue weighted by Gasteiger charge is 2.38. The van der Waals surface area contributed by atoms with Crippen LogP contribution in [0.1, 0.15) is 155 Å². The highest BCUT2D eigenvalue weighted by Crippen LogP contribution is 2.41. The molecule has 0 aliphatic carbocycles. The van der Waals surface area contributed by atoms with Gasteiger partial charge in [0.2, 0.25) is 19.0 Å². The molecule has 6 aliphatic heterocycles. The van der Waals surface area contributed by atoms with Gasteiger partial charge in [-0.2, -0.15) is 0 Å². The summed E-state index contributed by atoms with van der Waals surface area (Å²) in [4.78, 5) is 101. The summed E-state index contributed by atoms with van der Waals surface area (Å²) in [6.45, 7) is 32.7. The minimum absolute atomic E-state index is 0.188. The van der Waals surface area contributed by atoms with Crippen molar-refractivity contribution in [1.29, 1.82) is 0 Å². The third-order valence-corrected chi connectivity index (χ3v) is 24.3. The van der Waals surface area contributed by atoms with Gasteiger partial charge in [-0.1, -0.05) is 76.4 Å². The minimum atomic E-state index is -0.188. The molecule has 6 aliphatic rings. The van der Waals surface area contributed by atoms with Gasteiger partial charge in [-0.05, 0) is 111 Å². The lowest BCUT2D eigenvalue weighted by molar-refractivity contribution is -0.690. The maximum absolute atomic E-state index is 13.7. The van der Waals surface area contributed by atoms with E-state index in [1.54, 1.807) is 0 Å². The van der Waals surface area contributed by atoms with Crippen molar-refractivity contribution in [2.75, 3.05) is 133 Å². The molecule has 0 N–H and O–H groups in total. The molecule has 3 aromatic heterocycles. The number of anilines is 3. The minimum Gasteiger partial charge on any atom is -0.368 e. The number of piperazine rings is 3. The fraction of sp³-hybridized carbons (Fsp3) is 0.414. The summed E-state index contributed by atoms with van der Waals surface area (Å²) < 4.78 is 14.0. The zero-order valence-corrected chi connectivity index (χ0v) is 63.7. The van der Waals surface area contributed by atoms with Crippen molar-refractivity contribution in [1.82, 2.24) is 43.1 Å². The van der Waals surface area contributed by atoms with Crippen molar-refractivity contribution in [3.8, 4) is 0 Å². The van der Waals surface area contributed by atoms with Crippen LogP contribution >= 0.6 is 0 Å². The Hall–Kier alpha value is -10.4. The zero-order valence-electron chi connectivity index (χ0n) is 63.7. The first kappa shape index (κ1) is 71.9. The van der Waals surface area contributed by atoms with Crippen LogP contribution in [0.3, 0.4) is 0 Å². The number of aromatic nitrogens is 6. The summed E-state index contributed by atoms with van der Waals surface area (Å²) in [5, 5.41) is 5.29. The number of unbranched alkanes of at least 4 members (excludes halogenated alkanes) is 3. The number of nitrogens with zero attached hydrogens (tertiary/aromatic N) is 15. The predicted octanol–water partition coefficient (Wildman–Crippen LogP) is 10.1. The van der Waals surface area contributed by atoms with Crippen LogP contribution in [-0.4, -0.2) is 196 Å². The molecule has 9 heterocycles. The van der Waals surface area contributed by atoms with E-state index < -0.39 is 0 Å². The molecule has 558 valence electrons. The van der Waals surface area contributed by atoms with Crippen LogP contribution in [0, 0.1) is 20.8 Å². The van der Waals surface area contributed by atoms with Crippen LogP contribution in [0.4, 0.5) is 17.1 Å². The van der Waals surface area contributed by atoms with Crippen molar-refractivity contribution < 1.29 is 42.5 Å². The highest BCUT2D eigenvalue weighted by molar-refractivity contribution is 6.29. The Labute approximate surface area is 632 Å². The molecule has 0 bridgehead atoms. The van der Waals surface area contributed by atoms with E-state index in [2.05, 4.69) is 191 Å². The van der Waals surface area contributed by atoms with Crippen LogP contribution in [0.25, 0.3) is 32.3 Å². The number of imide groups is 3. The summed E-state index contributed by atoms with van der Waals surface area (Å²) in [6, 6.07) is 29.8. The van der Waals surface area contributed by atoms with Gasteiger partial charge in [0.05, 0.1) is 0 Å². The summed E-state index contributed by atoms with van der Waals surface area (Å²) in [5.41, 5.74) is 15.0. The summed E-state index contributed by atoms with van der Waals surface area (Å²) >= 11 is 0. The molecule has 0 spiro atoms. The van der Waals surface area contributed by atoms with Crippen LogP contribution in [0.2, 0.25) is 0 Å². The van der Waals surface area contributed by atoms with Gasteiger partial charge in [0.15, 0.2) is 0 Å². The number of benzene rings is 7. The Balaban J connectivity index is 0.581. The molecule has 7 aromatic carbocycles. The number of rotatable bonds is 27. The number of carbonyl (C=O) groups excluding carboxylic acids is 6. The van der Waals surface area contributed by atoms with Crippen LogP contribution < -0.4 is 28.4 Å². The molecule has 3 fully saturated rings. The van der Waals surface area contributed by atoms with Crippen molar-refractivity contribution >= 4 is 84.8 Å². The molecule has 16 rings (SSSR count). The number of hydrogen-bond donors (Lipinski definition) is 0. The molecule has 0 saturated carbocycles. The Morgan fingerprint density at radius 1 is 0.306 bits per heavy atom. The quantitative estimate of drug-likeness (QED) is 0.0355. The fourth-order valence-electron chi connectivity index (χ4n) is 17.8. The monoisotopic (exact) mass is 1450 g/mol.